The maximum atomic E-state index is 12.8. The lowest BCUT2D eigenvalue weighted by atomic mass is 9.95. The molecule has 6 nitrogen and oxygen atoms in total. The molecule has 2 saturated carbocycles. The van der Waals surface area contributed by atoms with Crippen molar-refractivity contribution in [1.82, 2.24) is 24.8 Å². The molecule has 1 unspecified atom stereocenters. The lowest BCUT2D eigenvalue weighted by molar-refractivity contribution is 0.154. The molecule has 3 fully saturated rings. The number of nitrogens with zero attached hydrogens (tertiary/aromatic N) is 4. The number of pyridine rings is 1. The van der Waals surface area contributed by atoms with Crippen LogP contribution in [0.4, 0.5) is 4.79 Å². The Balaban J connectivity index is 1.27. The number of urea groups is 1. The highest BCUT2D eigenvalue weighted by Crippen LogP contribution is 2.41. The molecule has 28 heavy (non-hydrogen) atoms. The number of aromatic nitrogens is 3. The Morgan fingerprint density at radius 2 is 1.96 bits per heavy atom. The van der Waals surface area contributed by atoms with Crippen molar-refractivity contribution >= 4 is 17.2 Å². The number of imidazole rings is 1. The molecule has 2 aromatic heterocycles. The minimum Gasteiger partial charge on any atom is -0.335 e. The van der Waals surface area contributed by atoms with Gasteiger partial charge in [-0.25, -0.2) is 14.8 Å². The van der Waals surface area contributed by atoms with Gasteiger partial charge in [-0.3, -0.25) is 0 Å². The maximum Gasteiger partial charge on any atom is 0.317 e. The first-order chi connectivity index (χ1) is 13.8. The number of hydrogen-bond acceptors (Lipinski definition) is 3. The number of fused-ring (bicyclic) bond motifs is 1. The summed E-state index contributed by atoms with van der Waals surface area (Å²) in [4.78, 5) is 24.3. The number of amides is 2. The molecule has 6 heteroatoms. The summed E-state index contributed by atoms with van der Waals surface area (Å²) in [6.45, 7) is 2.65. The standard InChI is InChI=1S/C22H31N5O/c28-22(24-18-7-2-1-3-8-18)26-13-5-6-16(14-26)15-27-20(17-10-11-17)25-19-9-4-12-23-21(19)27/h4,9,12,16-18H,1-3,5-8,10-11,13-15H2,(H,24,28). The van der Waals surface area contributed by atoms with Gasteiger partial charge < -0.3 is 14.8 Å². The SMILES string of the molecule is O=C(NC1CCCCC1)N1CCCC(Cn2c(C3CC3)nc3cccnc32)C1. The highest BCUT2D eigenvalue weighted by Gasteiger charge is 2.32. The van der Waals surface area contributed by atoms with Crippen LogP contribution in [-0.2, 0) is 6.54 Å². The molecule has 1 atom stereocenters. The van der Waals surface area contributed by atoms with Gasteiger partial charge in [0.15, 0.2) is 5.65 Å². The van der Waals surface area contributed by atoms with E-state index < -0.39 is 0 Å². The summed E-state index contributed by atoms with van der Waals surface area (Å²) in [6.07, 6.45) is 12.7. The van der Waals surface area contributed by atoms with E-state index in [2.05, 4.69) is 20.9 Å². The first-order valence-electron chi connectivity index (χ1n) is 11.1. The lowest BCUT2D eigenvalue weighted by Gasteiger charge is -2.35. The first-order valence-corrected chi connectivity index (χ1v) is 11.1. The first kappa shape index (κ1) is 18.0. The predicted molar refractivity (Wildman–Crippen MR) is 109 cm³/mol. The van der Waals surface area contributed by atoms with Crippen LogP contribution in [0.3, 0.4) is 0 Å². The van der Waals surface area contributed by atoms with E-state index in [1.807, 2.05) is 17.2 Å². The van der Waals surface area contributed by atoms with Crippen LogP contribution in [0.15, 0.2) is 18.3 Å². The van der Waals surface area contributed by atoms with Crippen molar-refractivity contribution in [3.8, 4) is 0 Å². The van der Waals surface area contributed by atoms with E-state index in [1.165, 1.54) is 44.3 Å². The fourth-order valence-corrected chi connectivity index (χ4v) is 4.98. The van der Waals surface area contributed by atoms with Crippen molar-refractivity contribution < 1.29 is 4.79 Å². The summed E-state index contributed by atoms with van der Waals surface area (Å²) in [5, 5.41) is 3.29. The second kappa shape index (κ2) is 7.72. The Bertz CT molecular complexity index is 837. The number of carbonyl (C=O) groups is 1. The monoisotopic (exact) mass is 381 g/mol. The Kier molecular flexibility index (Phi) is 4.95. The Hall–Kier alpha value is -2.11. The molecule has 2 aliphatic carbocycles. The molecule has 2 amide bonds. The molecule has 0 aromatic carbocycles. The van der Waals surface area contributed by atoms with E-state index in [4.69, 9.17) is 4.98 Å². The van der Waals surface area contributed by atoms with Crippen molar-refractivity contribution in [2.45, 2.75) is 76.3 Å². The summed E-state index contributed by atoms with van der Waals surface area (Å²) in [5.41, 5.74) is 2.01. The molecule has 0 bridgehead atoms. The van der Waals surface area contributed by atoms with Gasteiger partial charge in [0.25, 0.3) is 0 Å². The zero-order chi connectivity index (χ0) is 18.9. The average molecular weight is 382 g/mol. The normalized spacial score (nSPS) is 23.9. The Morgan fingerprint density at radius 1 is 1.11 bits per heavy atom. The van der Waals surface area contributed by atoms with Crippen LogP contribution < -0.4 is 5.32 Å². The van der Waals surface area contributed by atoms with Gasteiger partial charge in [-0.2, -0.15) is 0 Å². The third kappa shape index (κ3) is 3.74. The van der Waals surface area contributed by atoms with Crippen molar-refractivity contribution in [2.24, 2.45) is 5.92 Å². The third-order valence-electron chi connectivity index (χ3n) is 6.66. The molecule has 1 N–H and O–H groups in total. The summed E-state index contributed by atoms with van der Waals surface area (Å²) in [7, 11) is 0. The quantitative estimate of drug-likeness (QED) is 0.868. The number of nitrogens with one attached hydrogen (secondary N) is 1. The van der Waals surface area contributed by atoms with Crippen LogP contribution in [0.5, 0.6) is 0 Å². The molecule has 0 spiro atoms. The molecule has 3 aliphatic rings. The van der Waals surface area contributed by atoms with Crippen molar-refractivity contribution in [3.63, 3.8) is 0 Å². The second-order valence-electron chi connectivity index (χ2n) is 8.94. The molecule has 0 radical (unpaired) electrons. The summed E-state index contributed by atoms with van der Waals surface area (Å²) < 4.78 is 2.35. The van der Waals surface area contributed by atoms with Gasteiger partial charge in [0.1, 0.15) is 11.3 Å². The minimum atomic E-state index is 0.146. The van der Waals surface area contributed by atoms with Crippen molar-refractivity contribution in [2.75, 3.05) is 13.1 Å². The topological polar surface area (TPSA) is 63.1 Å². The highest BCUT2D eigenvalue weighted by molar-refractivity contribution is 5.74. The van der Waals surface area contributed by atoms with Gasteiger partial charge >= 0.3 is 6.03 Å². The fraction of sp³-hybridized carbons (Fsp3) is 0.682. The summed E-state index contributed by atoms with van der Waals surface area (Å²) >= 11 is 0. The van der Waals surface area contributed by atoms with E-state index in [1.54, 1.807) is 0 Å². The average Bonchev–Trinajstić information content (AvgIpc) is 3.52. The van der Waals surface area contributed by atoms with Gasteiger partial charge in [-0.1, -0.05) is 19.3 Å². The largest absolute Gasteiger partial charge is 0.335 e. The van der Waals surface area contributed by atoms with E-state index in [-0.39, 0.29) is 6.03 Å². The molecule has 1 saturated heterocycles. The summed E-state index contributed by atoms with van der Waals surface area (Å²) in [5.74, 6) is 2.28. The molecular formula is C22H31N5O. The van der Waals surface area contributed by atoms with Crippen molar-refractivity contribution in [1.29, 1.82) is 0 Å². The lowest BCUT2D eigenvalue weighted by Crippen LogP contribution is -2.49. The van der Waals surface area contributed by atoms with Crippen LogP contribution >= 0.6 is 0 Å². The van der Waals surface area contributed by atoms with Crippen LogP contribution in [0.25, 0.3) is 11.2 Å². The smallest absolute Gasteiger partial charge is 0.317 e. The number of hydrogen-bond donors (Lipinski definition) is 1. The predicted octanol–water partition coefficient (Wildman–Crippen LogP) is 4.06. The number of piperidine rings is 1. The number of likely N-dealkylation sites (tertiary alicyclic amines) is 1. The maximum absolute atomic E-state index is 12.8. The van der Waals surface area contributed by atoms with Crippen LogP contribution in [0, 0.1) is 5.92 Å². The zero-order valence-corrected chi connectivity index (χ0v) is 16.6. The van der Waals surface area contributed by atoms with Crippen LogP contribution in [-0.4, -0.2) is 44.6 Å². The van der Waals surface area contributed by atoms with Crippen LogP contribution in [0.1, 0.15) is 69.5 Å². The van der Waals surface area contributed by atoms with Gasteiger partial charge in [0.05, 0.1) is 0 Å². The molecule has 150 valence electrons. The Labute approximate surface area is 166 Å². The van der Waals surface area contributed by atoms with E-state index in [9.17, 15) is 4.79 Å². The molecular weight excluding hydrogens is 350 g/mol. The second-order valence-corrected chi connectivity index (χ2v) is 8.94. The van der Waals surface area contributed by atoms with Gasteiger partial charge in [0, 0.05) is 37.8 Å². The van der Waals surface area contributed by atoms with E-state index in [0.29, 0.717) is 17.9 Å². The van der Waals surface area contributed by atoms with E-state index in [0.717, 1.165) is 50.1 Å². The molecule has 1 aliphatic heterocycles. The number of carbonyl (C=O) groups excluding carboxylic acids is 1. The fourth-order valence-electron chi connectivity index (χ4n) is 4.98. The molecule has 2 aromatic rings. The van der Waals surface area contributed by atoms with Gasteiger partial charge in [-0.15, -0.1) is 0 Å². The van der Waals surface area contributed by atoms with Crippen LogP contribution in [0.2, 0.25) is 0 Å². The highest BCUT2D eigenvalue weighted by atomic mass is 16.2. The van der Waals surface area contributed by atoms with Gasteiger partial charge in [0.2, 0.25) is 0 Å². The number of rotatable bonds is 4. The zero-order valence-electron chi connectivity index (χ0n) is 16.6. The van der Waals surface area contributed by atoms with E-state index >= 15 is 0 Å². The minimum absolute atomic E-state index is 0.146. The van der Waals surface area contributed by atoms with Crippen molar-refractivity contribution in [3.05, 3.63) is 24.2 Å². The summed E-state index contributed by atoms with van der Waals surface area (Å²) in [6, 6.07) is 4.56. The van der Waals surface area contributed by atoms with Gasteiger partial charge in [-0.05, 0) is 56.6 Å². The molecule has 3 heterocycles. The third-order valence-corrected chi connectivity index (χ3v) is 6.66. The molecule has 5 rings (SSSR count). The Morgan fingerprint density at radius 3 is 2.79 bits per heavy atom.